The molecule has 0 aliphatic heterocycles. The third kappa shape index (κ3) is 11.8. The first-order chi connectivity index (χ1) is 14.6. The number of unbranched alkanes of at least 4 members (excludes halogenated alkanes) is 3. The number of rotatable bonds is 15. The molecule has 0 fully saturated rings. The normalized spacial score (nSPS) is 10.9. The maximum Gasteiger partial charge on any atom is 0.157 e. The van der Waals surface area contributed by atoms with E-state index in [1.54, 1.807) is 12.1 Å². The van der Waals surface area contributed by atoms with Gasteiger partial charge in [-0.15, -0.1) is 17.0 Å². The summed E-state index contributed by atoms with van der Waals surface area (Å²) in [6.45, 7) is 7.53. The summed E-state index contributed by atoms with van der Waals surface area (Å²) < 4.78 is 0. The second-order valence-corrected chi connectivity index (χ2v) is 8.39. The van der Waals surface area contributed by atoms with Crippen LogP contribution in [0.2, 0.25) is 5.02 Å². The second kappa shape index (κ2) is 16.4. The molecule has 0 amide bonds. The highest BCUT2D eigenvalue weighted by atomic mass is 79.9. The standard InChI is InChI=1S/C25H37ClN2O2.BrH/c1-2-17-28(19-14-22-9-12-24(29)25(30)20-22)18-6-4-3-5-15-27-16-13-21-7-10-23(26)11-8-21;/h7-12,20,27,29-30H,2-6,13-19H2,1H3;1H. The summed E-state index contributed by atoms with van der Waals surface area (Å²) in [6, 6.07) is 13.2. The van der Waals surface area contributed by atoms with Gasteiger partial charge in [-0.1, -0.05) is 49.6 Å². The van der Waals surface area contributed by atoms with Gasteiger partial charge in [-0.3, -0.25) is 0 Å². The smallest absolute Gasteiger partial charge is 0.157 e. The fourth-order valence-corrected chi connectivity index (χ4v) is 3.74. The van der Waals surface area contributed by atoms with Crippen LogP contribution in [0.25, 0.3) is 0 Å². The summed E-state index contributed by atoms with van der Waals surface area (Å²) in [6.07, 6.45) is 8.07. The van der Waals surface area contributed by atoms with Crippen LogP contribution in [-0.2, 0) is 12.8 Å². The Kier molecular flexibility index (Phi) is 14.7. The van der Waals surface area contributed by atoms with Gasteiger partial charge >= 0.3 is 0 Å². The second-order valence-electron chi connectivity index (χ2n) is 7.96. The van der Waals surface area contributed by atoms with Gasteiger partial charge < -0.3 is 20.4 Å². The molecule has 2 aromatic carbocycles. The predicted octanol–water partition coefficient (Wildman–Crippen LogP) is 5.98. The first-order valence-corrected chi connectivity index (χ1v) is 11.6. The van der Waals surface area contributed by atoms with E-state index in [1.807, 2.05) is 18.2 Å². The molecule has 0 saturated carbocycles. The zero-order valence-electron chi connectivity index (χ0n) is 18.7. The molecular formula is C25H38BrClN2O2. The van der Waals surface area contributed by atoms with E-state index in [0.29, 0.717) is 0 Å². The van der Waals surface area contributed by atoms with Crippen LogP contribution in [-0.4, -0.2) is 47.8 Å². The lowest BCUT2D eigenvalue weighted by Crippen LogP contribution is -2.28. The minimum absolute atomic E-state index is 0. The van der Waals surface area contributed by atoms with Crippen molar-refractivity contribution in [3.63, 3.8) is 0 Å². The lowest BCUT2D eigenvalue weighted by molar-refractivity contribution is 0.270. The first kappa shape index (κ1) is 27.8. The number of nitrogens with one attached hydrogen (secondary N) is 1. The van der Waals surface area contributed by atoms with Crippen LogP contribution < -0.4 is 5.32 Å². The Morgan fingerprint density at radius 2 is 1.48 bits per heavy atom. The number of hydrogen-bond acceptors (Lipinski definition) is 4. The highest BCUT2D eigenvalue weighted by Crippen LogP contribution is 2.25. The lowest BCUT2D eigenvalue weighted by atomic mass is 10.1. The van der Waals surface area contributed by atoms with Crippen LogP contribution in [0.5, 0.6) is 11.5 Å². The van der Waals surface area contributed by atoms with Gasteiger partial charge in [-0.2, -0.15) is 0 Å². The van der Waals surface area contributed by atoms with E-state index in [9.17, 15) is 10.2 Å². The van der Waals surface area contributed by atoms with E-state index >= 15 is 0 Å². The van der Waals surface area contributed by atoms with Gasteiger partial charge in [-0.05, 0) is 93.7 Å². The molecule has 2 rings (SSSR count). The van der Waals surface area contributed by atoms with Crippen LogP contribution in [0.15, 0.2) is 42.5 Å². The van der Waals surface area contributed by atoms with Crippen molar-refractivity contribution in [2.75, 3.05) is 32.7 Å². The summed E-state index contributed by atoms with van der Waals surface area (Å²) >= 11 is 5.91. The number of halogens is 2. The number of benzene rings is 2. The van der Waals surface area contributed by atoms with Crippen LogP contribution in [0.3, 0.4) is 0 Å². The van der Waals surface area contributed by atoms with Crippen LogP contribution in [0.4, 0.5) is 0 Å². The summed E-state index contributed by atoms with van der Waals surface area (Å²) in [4.78, 5) is 2.51. The van der Waals surface area contributed by atoms with Crippen molar-refractivity contribution >= 4 is 28.6 Å². The van der Waals surface area contributed by atoms with Crippen molar-refractivity contribution in [3.8, 4) is 11.5 Å². The number of phenolic OH excluding ortho intramolecular Hbond substituents is 2. The maximum absolute atomic E-state index is 9.64. The van der Waals surface area contributed by atoms with E-state index < -0.39 is 0 Å². The van der Waals surface area contributed by atoms with Gasteiger partial charge in [0.05, 0.1) is 0 Å². The molecule has 0 aliphatic rings. The summed E-state index contributed by atoms with van der Waals surface area (Å²) in [7, 11) is 0. The largest absolute Gasteiger partial charge is 0.504 e. The third-order valence-corrected chi connectivity index (χ3v) is 5.63. The molecule has 31 heavy (non-hydrogen) atoms. The van der Waals surface area contributed by atoms with E-state index in [4.69, 9.17) is 11.6 Å². The van der Waals surface area contributed by atoms with Gasteiger partial charge in [0.25, 0.3) is 0 Å². The summed E-state index contributed by atoms with van der Waals surface area (Å²) in [5.74, 6) is -0.0834. The van der Waals surface area contributed by atoms with Crippen molar-refractivity contribution in [2.45, 2.75) is 51.9 Å². The van der Waals surface area contributed by atoms with E-state index in [0.717, 1.165) is 62.6 Å². The molecule has 3 N–H and O–H groups in total. The molecule has 0 unspecified atom stereocenters. The number of hydrogen-bond donors (Lipinski definition) is 3. The maximum atomic E-state index is 9.64. The monoisotopic (exact) mass is 512 g/mol. The average Bonchev–Trinajstić information content (AvgIpc) is 2.74. The molecule has 0 bridgehead atoms. The molecule has 0 radical (unpaired) electrons. The lowest BCUT2D eigenvalue weighted by Gasteiger charge is -2.21. The van der Waals surface area contributed by atoms with Gasteiger partial charge in [0.2, 0.25) is 0 Å². The zero-order valence-corrected chi connectivity index (χ0v) is 21.1. The Labute approximate surface area is 203 Å². The molecule has 0 spiro atoms. The Hall–Kier alpha value is -1.27. The molecule has 0 atom stereocenters. The van der Waals surface area contributed by atoms with Gasteiger partial charge in [0.15, 0.2) is 11.5 Å². The fourth-order valence-electron chi connectivity index (χ4n) is 3.61. The quantitative estimate of drug-likeness (QED) is 0.203. The van der Waals surface area contributed by atoms with Crippen molar-refractivity contribution in [3.05, 3.63) is 58.6 Å². The molecule has 0 aromatic heterocycles. The van der Waals surface area contributed by atoms with E-state index in [1.165, 1.54) is 31.2 Å². The van der Waals surface area contributed by atoms with Crippen LogP contribution >= 0.6 is 28.6 Å². The summed E-state index contributed by atoms with van der Waals surface area (Å²) in [5, 5.41) is 23.4. The van der Waals surface area contributed by atoms with Crippen molar-refractivity contribution in [2.24, 2.45) is 0 Å². The third-order valence-electron chi connectivity index (χ3n) is 5.38. The molecular weight excluding hydrogens is 476 g/mol. The fraction of sp³-hybridized carbons (Fsp3) is 0.520. The zero-order chi connectivity index (χ0) is 21.6. The number of aromatic hydroxyl groups is 2. The van der Waals surface area contributed by atoms with Gasteiger partial charge in [0, 0.05) is 11.6 Å². The Morgan fingerprint density at radius 3 is 2.19 bits per heavy atom. The van der Waals surface area contributed by atoms with Gasteiger partial charge in [-0.25, -0.2) is 0 Å². The Morgan fingerprint density at radius 1 is 0.774 bits per heavy atom. The molecule has 2 aromatic rings. The minimum Gasteiger partial charge on any atom is -0.504 e. The molecule has 0 aliphatic carbocycles. The summed E-state index contributed by atoms with van der Waals surface area (Å²) in [5.41, 5.74) is 2.39. The topological polar surface area (TPSA) is 55.7 Å². The highest BCUT2D eigenvalue weighted by Gasteiger charge is 2.06. The minimum atomic E-state index is -0.0522. The average molecular weight is 514 g/mol. The Bertz CT molecular complexity index is 728. The van der Waals surface area contributed by atoms with Crippen LogP contribution in [0.1, 0.15) is 50.2 Å². The SMILES string of the molecule is Br.CCCN(CCCCCCNCCc1ccc(Cl)cc1)CCc1ccc(O)c(O)c1. The Balaban J connectivity index is 0.00000480. The van der Waals surface area contributed by atoms with E-state index in [-0.39, 0.29) is 28.5 Å². The molecule has 174 valence electrons. The van der Waals surface area contributed by atoms with Gasteiger partial charge in [0.1, 0.15) is 0 Å². The molecule has 0 heterocycles. The molecule has 6 heteroatoms. The predicted molar refractivity (Wildman–Crippen MR) is 137 cm³/mol. The van der Waals surface area contributed by atoms with E-state index in [2.05, 4.69) is 29.3 Å². The molecule has 4 nitrogen and oxygen atoms in total. The van der Waals surface area contributed by atoms with Crippen molar-refractivity contribution in [1.82, 2.24) is 10.2 Å². The van der Waals surface area contributed by atoms with Crippen LogP contribution in [0, 0.1) is 0 Å². The van der Waals surface area contributed by atoms with Crippen molar-refractivity contribution in [1.29, 1.82) is 0 Å². The number of phenols is 2. The van der Waals surface area contributed by atoms with Crippen molar-refractivity contribution < 1.29 is 10.2 Å². The molecule has 0 saturated heterocycles. The first-order valence-electron chi connectivity index (χ1n) is 11.3. The number of nitrogens with zero attached hydrogens (tertiary/aromatic N) is 1. The highest BCUT2D eigenvalue weighted by molar-refractivity contribution is 8.93.